The number of sulfonamides is 1. The standard InChI is InChI=1S/C21H24N4O5S/c1-15-5-11-20(12-6-15)31(29,30)24-13-3-4-18(14-24)21(26)23-22-16(2)17-7-9-19(10-8-17)25(27)28/h5-12,18,22H,2-4,13-14H2,1H3,(H,23,26)/t18-/m0/s1. The molecule has 1 amide bonds. The van der Waals surface area contributed by atoms with Gasteiger partial charge < -0.3 is 0 Å². The molecule has 0 bridgehead atoms. The molecule has 0 spiro atoms. The number of nitrogens with one attached hydrogen (secondary N) is 2. The molecular weight excluding hydrogens is 420 g/mol. The molecule has 0 aliphatic carbocycles. The van der Waals surface area contributed by atoms with E-state index in [9.17, 15) is 23.3 Å². The zero-order valence-electron chi connectivity index (χ0n) is 17.1. The fourth-order valence-corrected chi connectivity index (χ4v) is 4.85. The summed E-state index contributed by atoms with van der Waals surface area (Å²) in [6.45, 7) is 6.15. The number of hydrazine groups is 1. The first-order valence-electron chi connectivity index (χ1n) is 9.75. The van der Waals surface area contributed by atoms with Crippen molar-refractivity contribution in [3.63, 3.8) is 0 Å². The first-order chi connectivity index (χ1) is 14.7. The van der Waals surface area contributed by atoms with Gasteiger partial charge in [-0.1, -0.05) is 24.3 Å². The number of rotatable bonds is 7. The van der Waals surface area contributed by atoms with Crippen molar-refractivity contribution in [2.75, 3.05) is 13.1 Å². The van der Waals surface area contributed by atoms with Crippen molar-refractivity contribution in [1.82, 2.24) is 15.2 Å². The van der Waals surface area contributed by atoms with Gasteiger partial charge in [0.15, 0.2) is 0 Å². The maximum Gasteiger partial charge on any atom is 0.269 e. The monoisotopic (exact) mass is 444 g/mol. The molecule has 0 unspecified atom stereocenters. The van der Waals surface area contributed by atoms with Gasteiger partial charge in [0.2, 0.25) is 15.9 Å². The number of benzene rings is 2. The van der Waals surface area contributed by atoms with Crippen molar-refractivity contribution >= 4 is 27.3 Å². The third-order valence-electron chi connectivity index (χ3n) is 5.18. The molecule has 1 heterocycles. The van der Waals surface area contributed by atoms with Crippen LogP contribution in [-0.2, 0) is 14.8 Å². The maximum atomic E-state index is 12.9. The zero-order valence-corrected chi connectivity index (χ0v) is 17.9. The van der Waals surface area contributed by atoms with Crippen LogP contribution in [0, 0.1) is 23.0 Å². The van der Waals surface area contributed by atoms with Crippen molar-refractivity contribution in [3.8, 4) is 0 Å². The van der Waals surface area contributed by atoms with Gasteiger partial charge in [-0.2, -0.15) is 4.31 Å². The summed E-state index contributed by atoms with van der Waals surface area (Å²) >= 11 is 0. The molecule has 9 nitrogen and oxygen atoms in total. The number of hydrogen-bond donors (Lipinski definition) is 2. The third-order valence-corrected chi connectivity index (χ3v) is 7.06. The number of hydrogen-bond acceptors (Lipinski definition) is 6. The normalized spacial score (nSPS) is 17.0. The van der Waals surface area contributed by atoms with Crippen LogP contribution < -0.4 is 10.9 Å². The lowest BCUT2D eigenvalue weighted by Gasteiger charge is -2.31. The highest BCUT2D eigenvalue weighted by atomic mass is 32.2. The van der Waals surface area contributed by atoms with Crippen LogP contribution in [0.25, 0.3) is 5.70 Å². The molecule has 2 aromatic rings. The Morgan fingerprint density at radius 2 is 1.77 bits per heavy atom. The molecular formula is C21H24N4O5S. The SMILES string of the molecule is C=C(NNC(=O)[C@H]1CCCN(S(=O)(=O)c2ccc(C)cc2)C1)c1ccc([N+](=O)[O-])cc1. The molecule has 0 aromatic heterocycles. The molecule has 0 saturated carbocycles. The number of carbonyl (C=O) groups excluding carboxylic acids is 1. The number of nitro groups is 1. The molecule has 1 atom stereocenters. The quantitative estimate of drug-likeness (QED) is 0.500. The number of non-ortho nitro benzene ring substituents is 1. The Morgan fingerprint density at radius 1 is 1.13 bits per heavy atom. The Morgan fingerprint density at radius 3 is 2.39 bits per heavy atom. The number of carbonyl (C=O) groups is 1. The fourth-order valence-electron chi connectivity index (χ4n) is 3.33. The van der Waals surface area contributed by atoms with Crippen LogP contribution in [0.1, 0.15) is 24.0 Å². The topological polar surface area (TPSA) is 122 Å². The molecule has 2 aromatic carbocycles. The van der Waals surface area contributed by atoms with E-state index in [0.717, 1.165) is 5.56 Å². The van der Waals surface area contributed by atoms with Gasteiger partial charge >= 0.3 is 0 Å². The average Bonchev–Trinajstić information content (AvgIpc) is 2.77. The first kappa shape index (κ1) is 22.4. The van der Waals surface area contributed by atoms with Crippen LogP contribution in [0.4, 0.5) is 5.69 Å². The summed E-state index contributed by atoms with van der Waals surface area (Å²) < 4.78 is 27.2. The summed E-state index contributed by atoms with van der Waals surface area (Å²) in [6, 6.07) is 12.4. The second-order valence-electron chi connectivity index (χ2n) is 7.41. The van der Waals surface area contributed by atoms with Crippen LogP contribution in [0.5, 0.6) is 0 Å². The molecule has 1 aliphatic heterocycles. The summed E-state index contributed by atoms with van der Waals surface area (Å²) in [7, 11) is -3.67. The van der Waals surface area contributed by atoms with Crippen LogP contribution in [0.3, 0.4) is 0 Å². The zero-order chi connectivity index (χ0) is 22.6. The Balaban J connectivity index is 1.59. The van der Waals surface area contributed by atoms with Gasteiger partial charge in [0.1, 0.15) is 0 Å². The summed E-state index contributed by atoms with van der Waals surface area (Å²) in [6.07, 6.45) is 1.14. The number of amides is 1. The van der Waals surface area contributed by atoms with Gasteiger partial charge in [0, 0.05) is 25.2 Å². The summed E-state index contributed by atoms with van der Waals surface area (Å²) in [5.74, 6) is -0.849. The lowest BCUT2D eigenvalue weighted by molar-refractivity contribution is -0.384. The van der Waals surface area contributed by atoms with Crippen molar-refractivity contribution in [2.45, 2.75) is 24.7 Å². The van der Waals surface area contributed by atoms with Gasteiger partial charge in [-0.05, 0) is 49.6 Å². The molecule has 10 heteroatoms. The van der Waals surface area contributed by atoms with Crippen molar-refractivity contribution < 1.29 is 18.1 Å². The average molecular weight is 445 g/mol. The number of piperidine rings is 1. The highest BCUT2D eigenvalue weighted by Gasteiger charge is 2.33. The number of nitro benzene ring substituents is 1. The van der Waals surface area contributed by atoms with Gasteiger partial charge in [-0.15, -0.1) is 0 Å². The first-order valence-corrected chi connectivity index (χ1v) is 11.2. The van der Waals surface area contributed by atoms with Crippen LogP contribution in [-0.4, -0.2) is 36.6 Å². The Bertz CT molecular complexity index is 1080. The van der Waals surface area contributed by atoms with Gasteiger partial charge in [-0.25, -0.2) is 8.42 Å². The van der Waals surface area contributed by atoms with E-state index in [2.05, 4.69) is 17.4 Å². The minimum atomic E-state index is -3.67. The van der Waals surface area contributed by atoms with E-state index < -0.39 is 20.9 Å². The summed E-state index contributed by atoms with van der Waals surface area (Å²) in [5, 5.41) is 10.7. The lowest BCUT2D eigenvalue weighted by Crippen LogP contribution is -2.48. The van der Waals surface area contributed by atoms with Crippen LogP contribution in [0.15, 0.2) is 60.0 Å². The van der Waals surface area contributed by atoms with Gasteiger partial charge in [0.25, 0.3) is 5.69 Å². The molecule has 1 fully saturated rings. The van der Waals surface area contributed by atoms with Gasteiger partial charge in [-0.3, -0.25) is 25.8 Å². The minimum Gasteiger partial charge on any atom is -0.299 e. The molecule has 31 heavy (non-hydrogen) atoms. The van der Waals surface area contributed by atoms with E-state index in [-0.39, 0.29) is 23.0 Å². The van der Waals surface area contributed by atoms with E-state index in [0.29, 0.717) is 30.6 Å². The predicted molar refractivity (Wildman–Crippen MR) is 116 cm³/mol. The number of nitrogens with zero attached hydrogens (tertiary/aromatic N) is 2. The smallest absolute Gasteiger partial charge is 0.269 e. The van der Waals surface area contributed by atoms with E-state index in [1.165, 1.54) is 28.6 Å². The Labute approximate surface area is 180 Å². The molecule has 2 N–H and O–H groups in total. The summed E-state index contributed by atoms with van der Waals surface area (Å²) in [4.78, 5) is 23.1. The predicted octanol–water partition coefficient (Wildman–Crippen LogP) is 2.60. The van der Waals surface area contributed by atoms with E-state index in [1.54, 1.807) is 24.3 Å². The highest BCUT2D eigenvalue weighted by Crippen LogP contribution is 2.24. The third kappa shape index (κ3) is 5.28. The van der Waals surface area contributed by atoms with Gasteiger partial charge in [0.05, 0.1) is 21.4 Å². The van der Waals surface area contributed by atoms with Crippen molar-refractivity contribution in [1.29, 1.82) is 0 Å². The second kappa shape index (κ2) is 9.27. The Kier molecular flexibility index (Phi) is 6.71. The molecule has 0 radical (unpaired) electrons. The molecule has 1 aliphatic rings. The van der Waals surface area contributed by atoms with Crippen LogP contribution >= 0.6 is 0 Å². The molecule has 3 rings (SSSR count). The minimum absolute atomic E-state index is 0.0438. The van der Waals surface area contributed by atoms with E-state index >= 15 is 0 Å². The van der Waals surface area contributed by atoms with Crippen molar-refractivity contribution in [3.05, 3.63) is 76.4 Å². The van der Waals surface area contributed by atoms with E-state index in [1.807, 2.05) is 6.92 Å². The maximum absolute atomic E-state index is 12.9. The molecule has 164 valence electrons. The Hall–Kier alpha value is -3.24. The number of aryl methyl sites for hydroxylation is 1. The van der Waals surface area contributed by atoms with E-state index in [4.69, 9.17) is 0 Å². The lowest BCUT2D eigenvalue weighted by atomic mass is 9.99. The second-order valence-corrected chi connectivity index (χ2v) is 9.35. The summed E-state index contributed by atoms with van der Waals surface area (Å²) in [5.41, 5.74) is 7.14. The molecule has 1 saturated heterocycles. The largest absolute Gasteiger partial charge is 0.299 e. The van der Waals surface area contributed by atoms with Crippen molar-refractivity contribution in [2.24, 2.45) is 5.92 Å². The highest BCUT2D eigenvalue weighted by molar-refractivity contribution is 7.89. The van der Waals surface area contributed by atoms with Crippen LogP contribution in [0.2, 0.25) is 0 Å². The fraction of sp³-hybridized carbons (Fsp3) is 0.286.